The summed E-state index contributed by atoms with van der Waals surface area (Å²) >= 11 is 15.5. The van der Waals surface area contributed by atoms with E-state index in [-0.39, 0.29) is 0 Å². The van der Waals surface area contributed by atoms with Crippen molar-refractivity contribution in [2.24, 2.45) is 0 Å². The molecule has 0 aliphatic heterocycles. The smallest absolute Gasteiger partial charge is 0.195 e. The summed E-state index contributed by atoms with van der Waals surface area (Å²) in [6.07, 6.45) is 4.54. The average Bonchev–Trinajstić information content (AvgIpc) is 3.06. The summed E-state index contributed by atoms with van der Waals surface area (Å²) in [7, 11) is 0. The third-order valence-electron chi connectivity index (χ3n) is 2.96. The number of halogens is 2. The van der Waals surface area contributed by atoms with Gasteiger partial charge in [-0.25, -0.2) is 9.97 Å². The summed E-state index contributed by atoms with van der Waals surface area (Å²) < 4.78 is 3.99. The Hall–Kier alpha value is -1.08. The van der Waals surface area contributed by atoms with E-state index < -0.39 is 0 Å². The van der Waals surface area contributed by atoms with Gasteiger partial charge in [0.2, 0.25) is 0 Å². The lowest BCUT2D eigenvalue weighted by molar-refractivity contribution is 0.973. The second kappa shape index (κ2) is 4.21. The molecule has 4 aromatic heterocycles. The minimum atomic E-state index is 0.521. The first-order valence-corrected chi connectivity index (χ1v) is 7.95. The van der Waals surface area contributed by atoms with E-state index in [4.69, 9.17) is 23.2 Å². The van der Waals surface area contributed by atoms with E-state index in [1.54, 1.807) is 22.7 Å². The van der Waals surface area contributed by atoms with Crippen LogP contribution in [0.5, 0.6) is 0 Å². The van der Waals surface area contributed by atoms with Gasteiger partial charge in [0.1, 0.15) is 0 Å². The molecule has 0 spiro atoms. The van der Waals surface area contributed by atoms with Gasteiger partial charge in [0.15, 0.2) is 20.2 Å². The summed E-state index contributed by atoms with van der Waals surface area (Å²) in [6.45, 7) is 0. The lowest BCUT2D eigenvalue weighted by atomic mass is 10.2. The SMILES string of the molecule is Clc1nc2sccn2c1Cc1c(Cl)nc2sccn12. The average molecular weight is 329 g/mol. The Morgan fingerprint density at radius 1 is 0.895 bits per heavy atom. The zero-order valence-corrected chi connectivity index (χ0v) is 12.5. The molecule has 4 nitrogen and oxygen atoms in total. The molecule has 0 saturated heterocycles. The minimum Gasteiger partial charge on any atom is -0.293 e. The van der Waals surface area contributed by atoms with Gasteiger partial charge >= 0.3 is 0 Å². The van der Waals surface area contributed by atoms with Crippen molar-refractivity contribution in [3.63, 3.8) is 0 Å². The summed E-state index contributed by atoms with van der Waals surface area (Å²) in [5.41, 5.74) is 1.88. The fraction of sp³-hybridized carbons (Fsp3) is 0.0909. The first-order valence-electron chi connectivity index (χ1n) is 5.44. The van der Waals surface area contributed by atoms with E-state index in [1.165, 1.54) is 0 Å². The zero-order valence-electron chi connectivity index (χ0n) is 9.38. The maximum Gasteiger partial charge on any atom is 0.195 e. The van der Waals surface area contributed by atoms with Crippen LogP contribution in [-0.2, 0) is 6.42 Å². The molecule has 0 aliphatic carbocycles. The largest absolute Gasteiger partial charge is 0.293 e. The van der Waals surface area contributed by atoms with E-state index in [1.807, 2.05) is 32.0 Å². The molecule has 8 heteroatoms. The van der Waals surface area contributed by atoms with E-state index >= 15 is 0 Å². The number of hydrogen-bond acceptors (Lipinski definition) is 4. The second-order valence-electron chi connectivity index (χ2n) is 3.99. The van der Waals surface area contributed by atoms with Crippen molar-refractivity contribution in [2.75, 3.05) is 0 Å². The van der Waals surface area contributed by atoms with E-state index in [0.29, 0.717) is 16.7 Å². The molecule has 0 amide bonds. The van der Waals surface area contributed by atoms with E-state index in [2.05, 4.69) is 9.97 Å². The maximum absolute atomic E-state index is 6.21. The third-order valence-corrected chi connectivity index (χ3v) is 5.08. The number of imidazole rings is 2. The first-order chi connectivity index (χ1) is 9.24. The number of rotatable bonds is 2. The Kier molecular flexibility index (Phi) is 2.60. The molecular formula is C11H6Cl2N4S2. The molecule has 4 heterocycles. The molecule has 0 saturated carbocycles. The van der Waals surface area contributed by atoms with Gasteiger partial charge in [0, 0.05) is 29.6 Å². The van der Waals surface area contributed by atoms with Crippen molar-refractivity contribution in [2.45, 2.75) is 6.42 Å². The summed E-state index contributed by atoms with van der Waals surface area (Å²) in [4.78, 5) is 10.4. The van der Waals surface area contributed by atoms with Gasteiger partial charge in [-0.1, -0.05) is 23.2 Å². The quantitative estimate of drug-likeness (QED) is 0.557. The van der Waals surface area contributed by atoms with Gasteiger partial charge < -0.3 is 0 Å². The Labute approximate surface area is 125 Å². The number of fused-ring (bicyclic) bond motifs is 2. The van der Waals surface area contributed by atoms with Crippen LogP contribution in [0.25, 0.3) is 9.92 Å². The molecule has 0 atom stereocenters. The van der Waals surface area contributed by atoms with Crippen LogP contribution in [0.1, 0.15) is 11.4 Å². The fourth-order valence-electron chi connectivity index (χ4n) is 2.09. The van der Waals surface area contributed by atoms with Crippen LogP contribution >= 0.6 is 45.9 Å². The van der Waals surface area contributed by atoms with Crippen molar-refractivity contribution in [1.29, 1.82) is 0 Å². The molecule has 19 heavy (non-hydrogen) atoms. The second-order valence-corrected chi connectivity index (χ2v) is 6.45. The van der Waals surface area contributed by atoms with Gasteiger partial charge in [-0.05, 0) is 0 Å². The molecule has 0 unspecified atom stereocenters. The Bertz CT molecular complexity index is 812. The minimum absolute atomic E-state index is 0.521. The highest BCUT2D eigenvalue weighted by Crippen LogP contribution is 2.28. The molecule has 0 N–H and O–H groups in total. The van der Waals surface area contributed by atoms with Crippen molar-refractivity contribution in [1.82, 2.24) is 18.8 Å². The highest BCUT2D eigenvalue weighted by molar-refractivity contribution is 7.15. The molecule has 0 fully saturated rings. The first kappa shape index (κ1) is 11.7. The molecular weight excluding hydrogens is 323 g/mol. The fourth-order valence-corrected chi connectivity index (χ4v) is 4.13. The Morgan fingerprint density at radius 3 is 1.84 bits per heavy atom. The number of thiazole rings is 2. The van der Waals surface area contributed by atoms with Crippen molar-refractivity contribution in [3.05, 3.63) is 44.8 Å². The van der Waals surface area contributed by atoms with Gasteiger partial charge in [0.25, 0.3) is 0 Å². The Balaban J connectivity index is 1.90. The number of aromatic nitrogens is 4. The lowest BCUT2D eigenvalue weighted by Gasteiger charge is -2.00. The van der Waals surface area contributed by atoms with Gasteiger partial charge in [-0.15, -0.1) is 22.7 Å². The van der Waals surface area contributed by atoms with E-state index in [9.17, 15) is 0 Å². The van der Waals surface area contributed by atoms with Gasteiger partial charge in [-0.2, -0.15) is 0 Å². The Morgan fingerprint density at radius 2 is 1.37 bits per heavy atom. The predicted octanol–water partition coefficient (Wildman–Crippen LogP) is 4.00. The van der Waals surface area contributed by atoms with Crippen molar-refractivity contribution in [3.8, 4) is 0 Å². The number of hydrogen-bond donors (Lipinski definition) is 0. The molecule has 4 aromatic rings. The highest BCUT2D eigenvalue weighted by Gasteiger charge is 2.17. The molecule has 0 aromatic carbocycles. The maximum atomic E-state index is 6.21. The van der Waals surface area contributed by atoms with Crippen molar-refractivity contribution < 1.29 is 0 Å². The highest BCUT2D eigenvalue weighted by atomic mass is 35.5. The van der Waals surface area contributed by atoms with Crippen molar-refractivity contribution >= 4 is 55.8 Å². The van der Waals surface area contributed by atoms with Crippen LogP contribution in [0.15, 0.2) is 23.2 Å². The van der Waals surface area contributed by atoms with Crippen LogP contribution in [0.3, 0.4) is 0 Å². The normalized spacial score (nSPS) is 11.9. The van der Waals surface area contributed by atoms with Crippen LogP contribution in [0.2, 0.25) is 10.3 Å². The molecule has 4 rings (SSSR count). The molecule has 0 radical (unpaired) electrons. The topological polar surface area (TPSA) is 34.6 Å². The van der Waals surface area contributed by atoms with E-state index in [0.717, 1.165) is 21.3 Å². The van der Waals surface area contributed by atoms with Gasteiger partial charge in [-0.3, -0.25) is 8.80 Å². The van der Waals surface area contributed by atoms with Crippen LogP contribution in [0.4, 0.5) is 0 Å². The molecule has 96 valence electrons. The van der Waals surface area contributed by atoms with Crippen LogP contribution < -0.4 is 0 Å². The zero-order chi connectivity index (χ0) is 13.0. The molecule has 0 aliphatic rings. The standard InChI is InChI=1S/C11H6Cl2N4S2/c12-8-6(16-1-3-18-10(16)14-8)5-7-9(13)15-11-17(7)2-4-19-11/h1-4H,5H2. The lowest BCUT2D eigenvalue weighted by Crippen LogP contribution is -1.97. The predicted molar refractivity (Wildman–Crippen MR) is 79.0 cm³/mol. The number of nitrogens with zero attached hydrogens (tertiary/aromatic N) is 4. The van der Waals surface area contributed by atoms with Crippen LogP contribution in [0, 0.1) is 0 Å². The van der Waals surface area contributed by atoms with Gasteiger partial charge in [0.05, 0.1) is 11.4 Å². The summed E-state index contributed by atoms with van der Waals surface area (Å²) in [5.74, 6) is 0. The molecule has 0 bridgehead atoms. The summed E-state index contributed by atoms with van der Waals surface area (Å²) in [5, 5.41) is 5.02. The monoisotopic (exact) mass is 328 g/mol. The summed E-state index contributed by atoms with van der Waals surface area (Å²) in [6, 6.07) is 0. The van der Waals surface area contributed by atoms with Crippen LogP contribution in [-0.4, -0.2) is 18.8 Å². The third kappa shape index (κ3) is 1.71.